The van der Waals surface area contributed by atoms with Crippen LogP contribution >= 0.6 is 0 Å². The highest BCUT2D eigenvalue weighted by atomic mass is 19.1. The van der Waals surface area contributed by atoms with Crippen molar-refractivity contribution < 1.29 is 9.13 Å². The number of benzene rings is 1. The van der Waals surface area contributed by atoms with Crippen LogP contribution < -0.4 is 10.1 Å². The molecule has 1 aromatic carbocycles. The molecule has 1 aromatic rings. The van der Waals surface area contributed by atoms with E-state index in [1.54, 1.807) is 19.2 Å². The van der Waals surface area contributed by atoms with Crippen LogP contribution in [0.1, 0.15) is 25.3 Å². The Balaban J connectivity index is 2.38. The van der Waals surface area contributed by atoms with Gasteiger partial charge >= 0.3 is 0 Å². The summed E-state index contributed by atoms with van der Waals surface area (Å²) in [6.07, 6.45) is 0. The summed E-state index contributed by atoms with van der Waals surface area (Å²) in [6, 6.07) is 4.70. The lowest BCUT2D eigenvalue weighted by Crippen LogP contribution is -2.59. The monoisotopic (exact) mass is 209 g/mol. The van der Waals surface area contributed by atoms with E-state index in [1.807, 2.05) is 0 Å². The smallest absolute Gasteiger partial charge is 0.123 e. The molecule has 2 rings (SSSR count). The lowest BCUT2D eigenvalue weighted by atomic mass is 9.75. The third kappa shape index (κ3) is 1.72. The average molecular weight is 209 g/mol. The Bertz CT molecular complexity index is 376. The second-order valence-electron chi connectivity index (χ2n) is 4.54. The zero-order valence-electron chi connectivity index (χ0n) is 9.30. The van der Waals surface area contributed by atoms with Crippen LogP contribution in [0.3, 0.4) is 0 Å². The number of methoxy groups -OCH3 is 1. The van der Waals surface area contributed by atoms with Crippen molar-refractivity contribution in [3.8, 4) is 5.75 Å². The number of ether oxygens (including phenoxy) is 1. The van der Waals surface area contributed by atoms with E-state index in [0.29, 0.717) is 5.92 Å². The van der Waals surface area contributed by atoms with Crippen molar-refractivity contribution in [2.75, 3.05) is 13.7 Å². The minimum atomic E-state index is -0.200. The Morgan fingerprint density at radius 2 is 2.20 bits per heavy atom. The van der Waals surface area contributed by atoms with Gasteiger partial charge in [0.25, 0.3) is 0 Å². The van der Waals surface area contributed by atoms with Crippen LogP contribution in [0.4, 0.5) is 4.39 Å². The van der Waals surface area contributed by atoms with E-state index in [0.717, 1.165) is 17.9 Å². The molecule has 0 radical (unpaired) electrons. The van der Waals surface area contributed by atoms with Crippen LogP contribution in [0, 0.1) is 5.82 Å². The minimum Gasteiger partial charge on any atom is -0.496 e. The van der Waals surface area contributed by atoms with Gasteiger partial charge in [-0.3, -0.25) is 0 Å². The molecule has 1 fully saturated rings. The average Bonchev–Trinajstić information content (AvgIpc) is 2.17. The number of hydrogen-bond donors (Lipinski definition) is 1. The molecule has 15 heavy (non-hydrogen) atoms. The lowest BCUT2D eigenvalue weighted by Gasteiger charge is -2.46. The van der Waals surface area contributed by atoms with E-state index in [1.165, 1.54) is 6.07 Å². The predicted octanol–water partition coefficient (Wildman–Crippen LogP) is 2.30. The summed E-state index contributed by atoms with van der Waals surface area (Å²) in [6.45, 7) is 5.11. The maximum absolute atomic E-state index is 13.2. The summed E-state index contributed by atoms with van der Waals surface area (Å²) >= 11 is 0. The Morgan fingerprint density at radius 1 is 1.47 bits per heavy atom. The fourth-order valence-corrected chi connectivity index (χ4v) is 2.09. The Labute approximate surface area is 89.4 Å². The zero-order chi connectivity index (χ0) is 11.1. The van der Waals surface area contributed by atoms with Gasteiger partial charge in [-0.2, -0.15) is 0 Å². The van der Waals surface area contributed by atoms with Crippen molar-refractivity contribution in [1.29, 1.82) is 0 Å². The molecular weight excluding hydrogens is 193 g/mol. The molecule has 2 nitrogen and oxygen atoms in total. The summed E-state index contributed by atoms with van der Waals surface area (Å²) in [5.41, 5.74) is 0.988. The largest absolute Gasteiger partial charge is 0.496 e. The maximum Gasteiger partial charge on any atom is 0.123 e. The number of halogens is 1. The maximum atomic E-state index is 13.2. The van der Waals surface area contributed by atoms with E-state index in [9.17, 15) is 4.39 Å². The molecule has 0 aromatic heterocycles. The van der Waals surface area contributed by atoms with Crippen molar-refractivity contribution in [3.63, 3.8) is 0 Å². The molecule has 1 heterocycles. The molecule has 1 aliphatic rings. The van der Waals surface area contributed by atoms with E-state index in [-0.39, 0.29) is 11.4 Å². The van der Waals surface area contributed by atoms with Crippen LogP contribution in [0.15, 0.2) is 18.2 Å². The van der Waals surface area contributed by atoms with Gasteiger partial charge in [-0.05, 0) is 32.0 Å². The quantitative estimate of drug-likeness (QED) is 0.807. The highest BCUT2D eigenvalue weighted by Crippen LogP contribution is 2.39. The van der Waals surface area contributed by atoms with Crippen molar-refractivity contribution in [2.24, 2.45) is 0 Å². The standard InChI is InChI=1S/C12H16FNO/c1-12(2)10(7-14-12)9-6-8(13)4-5-11(9)15-3/h4-6,10,14H,7H2,1-3H3. The van der Waals surface area contributed by atoms with Gasteiger partial charge in [0.15, 0.2) is 0 Å². The Kier molecular flexibility index (Phi) is 2.43. The van der Waals surface area contributed by atoms with Crippen LogP contribution in [0.5, 0.6) is 5.75 Å². The van der Waals surface area contributed by atoms with Gasteiger partial charge < -0.3 is 10.1 Å². The molecule has 82 valence electrons. The first-order valence-corrected chi connectivity index (χ1v) is 5.13. The van der Waals surface area contributed by atoms with Crippen molar-refractivity contribution in [1.82, 2.24) is 5.32 Å². The lowest BCUT2D eigenvalue weighted by molar-refractivity contribution is 0.203. The highest BCUT2D eigenvalue weighted by molar-refractivity contribution is 5.40. The first kappa shape index (κ1) is 10.4. The topological polar surface area (TPSA) is 21.3 Å². The van der Waals surface area contributed by atoms with Gasteiger partial charge in [-0.25, -0.2) is 4.39 Å². The molecule has 0 bridgehead atoms. The molecule has 0 spiro atoms. The Hall–Kier alpha value is -1.09. The van der Waals surface area contributed by atoms with Gasteiger partial charge in [0.05, 0.1) is 7.11 Å². The third-order valence-electron chi connectivity index (χ3n) is 3.20. The summed E-state index contributed by atoms with van der Waals surface area (Å²) < 4.78 is 18.4. The van der Waals surface area contributed by atoms with Crippen molar-refractivity contribution in [3.05, 3.63) is 29.6 Å². The summed E-state index contributed by atoms with van der Waals surface area (Å²) in [4.78, 5) is 0. The molecule has 1 aliphatic heterocycles. The molecular formula is C12H16FNO. The van der Waals surface area contributed by atoms with E-state index < -0.39 is 0 Å². The molecule has 1 atom stereocenters. The van der Waals surface area contributed by atoms with E-state index >= 15 is 0 Å². The summed E-state index contributed by atoms with van der Waals surface area (Å²) in [5, 5.41) is 3.33. The molecule has 3 heteroatoms. The van der Waals surface area contributed by atoms with Gasteiger partial charge in [-0.15, -0.1) is 0 Å². The van der Waals surface area contributed by atoms with E-state index in [4.69, 9.17) is 4.74 Å². The van der Waals surface area contributed by atoms with Crippen LogP contribution in [0.2, 0.25) is 0 Å². The third-order valence-corrected chi connectivity index (χ3v) is 3.20. The molecule has 0 saturated carbocycles. The molecule has 0 aliphatic carbocycles. The zero-order valence-corrected chi connectivity index (χ0v) is 9.30. The normalized spacial score (nSPS) is 23.3. The minimum absolute atomic E-state index is 0.0288. The number of rotatable bonds is 2. The second kappa shape index (κ2) is 3.49. The van der Waals surface area contributed by atoms with E-state index in [2.05, 4.69) is 19.2 Å². The summed E-state index contributed by atoms with van der Waals surface area (Å²) in [7, 11) is 1.62. The molecule has 1 unspecified atom stereocenters. The SMILES string of the molecule is COc1ccc(F)cc1C1CNC1(C)C. The predicted molar refractivity (Wildman–Crippen MR) is 57.8 cm³/mol. The van der Waals surface area contributed by atoms with Gasteiger partial charge in [-0.1, -0.05) is 0 Å². The van der Waals surface area contributed by atoms with Crippen LogP contribution in [-0.2, 0) is 0 Å². The first-order chi connectivity index (χ1) is 7.04. The van der Waals surface area contributed by atoms with Gasteiger partial charge in [0.2, 0.25) is 0 Å². The second-order valence-corrected chi connectivity index (χ2v) is 4.54. The number of nitrogens with one attached hydrogen (secondary N) is 1. The van der Waals surface area contributed by atoms with Crippen molar-refractivity contribution in [2.45, 2.75) is 25.3 Å². The molecule has 1 N–H and O–H groups in total. The number of hydrogen-bond acceptors (Lipinski definition) is 2. The Morgan fingerprint density at radius 3 is 2.67 bits per heavy atom. The fourth-order valence-electron chi connectivity index (χ4n) is 2.09. The fraction of sp³-hybridized carbons (Fsp3) is 0.500. The summed E-state index contributed by atoms with van der Waals surface area (Å²) in [5.74, 6) is 0.896. The first-order valence-electron chi connectivity index (χ1n) is 5.13. The van der Waals surface area contributed by atoms with Gasteiger partial charge in [0, 0.05) is 23.6 Å². The molecule has 1 saturated heterocycles. The highest BCUT2D eigenvalue weighted by Gasteiger charge is 2.40. The van der Waals surface area contributed by atoms with Crippen LogP contribution in [0.25, 0.3) is 0 Å². The van der Waals surface area contributed by atoms with Crippen LogP contribution in [-0.4, -0.2) is 19.2 Å². The van der Waals surface area contributed by atoms with Gasteiger partial charge in [0.1, 0.15) is 11.6 Å². The molecule has 0 amide bonds. The van der Waals surface area contributed by atoms with Crippen molar-refractivity contribution >= 4 is 0 Å².